The van der Waals surface area contributed by atoms with E-state index in [1.165, 1.54) is 25.9 Å². The van der Waals surface area contributed by atoms with Gasteiger partial charge in [-0.05, 0) is 29.5 Å². The monoisotopic (exact) mass is 159 g/mol. The SMILES string of the molecule is c1cc2c(cc1C1CNC1)CC2. The molecule has 3 rings (SSSR count). The fourth-order valence-electron chi connectivity index (χ4n) is 1.99. The summed E-state index contributed by atoms with van der Waals surface area (Å²) in [6.45, 7) is 2.36. The summed E-state index contributed by atoms with van der Waals surface area (Å²) in [5.41, 5.74) is 4.72. The molecule has 1 nitrogen and oxygen atoms in total. The van der Waals surface area contributed by atoms with Crippen LogP contribution in [0.4, 0.5) is 0 Å². The third kappa shape index (κ3) is 0.831. The number of hydrogen-bond acceptors (Lipinski definition) is 1. The molecule has 0 radical (unpaired) electrons. The highest BCUT2D eigenvalue weighted by Crippen LogP contribution is 2.28. The third-order valence-corrected chi connectivity index (χ3v) is 3.15. The van der Waals surface area contributed by atoms with Gasteiger partial charge in [0.1, 0.15) is 0 Å². The van der Waals surface area contributed by atoms with Gasteiger partial charge in [-0.3, -0.25) is 0 Å². The minimum atomic E-state index is 0.802. The van der Waals surface area contributed by atoms with Crippen LogP contribution in [0.5, 0.6) is 0 Å². The Kier molecular flexibility index (Phi) is 1.30. The lowest BCUT2D eigenvalue weighted by molar-refractivity contribution is 0.447. The van der Waals surface area contributed by atoms with E-state index < -0.39 is 0 Å². The van der Waals surface area contributed by atoms with Crippen molar-refractivity contribution in [1.29, 1.82) is 0 Å². The number of nitrogens with one attached hydrogen (secondary N) is 1. The fraction of sp³-hybridized carbons (Fsp3) is 0.455. The highest BCUT2D eigenvalue weighted by atomic mass is 14.9. The summed E-state index contributed by atoms with van der Waals surface area (Å²) in [5, 5.41) is 3.31. The molecule has 0 unspecified atom stereocenters. The first-order chi connectivity index (χ1) is 5.93. The molecule has 1 heteroatoms. The van der Waals surface area contributed by atoms with Gasteiger partial charge in [0.05, 0.1) is 0 Å². The van der Waals surface area contributed by atoms with Gasteiger partial charge in [0.2, 0.25) is 0 Å². The van der Waals surface area contributed by atoms with Crippen LogP contribution < -0.4 is 5.32 Å². The van der Waals surface area contributed by atoms with Gasteiger partial charge in [-0.1, -0.05) is 18.2 Å². The van der Waals surface area contributed by atoms with Gasteiger partial charge in [-0.2, -0.15) is 0 Å². The summed E-state index contributed by atoms with van der Waals surface area (Å²) in [4.78, 5) is 0. The van der Waals surface area contributed by atoms with E-state index >= 15 is 0 Å². The summed E-state index contributed by atoms with van der Waals surface area (Å²) in [7, 11) is 0. The molecule has 2 aliphatic rings. The lowest BCUT2D eigenvalue weighted by Crippen LogP contribution is -2.40. The zero-order valence-electron chi connectivity index (χ0n) is 7.14. The predicted molar refractivity (Wildman–Crippen MR) is 49.5 cm³/mol. The molecule has 1 aliphatic heterocycles. The molecule has 0 saturated carbocycles. The lowest BCUT2D eigenvalue weighted by atomic mass is 9.83. The summed E-state index contributed by atoms with van der Waals surface area (Å²) >= 11 is 0. The number of hydrogen-bond donors (Lipinski definition) is 1. The standard InChI is InChI=1S/C11H13N/c1-3-9-5-10(4-2-8(1)9)11-6-12-7-11/h2,4-5,11-12H,1,3,6-7H2. The Hall–Kier alpha value is -0.820. The van der Waals surface area contributed by atoms with Crippen LogP contribution in [0.15, 0.2) is 18.2 Å². The van der Waals surface area contributed by atoms with E-state index in [0.29, 0.717) is 0 Å². The van der Waals surface area contributed by atoms with E-state index in [9.17, 15) is 0 Å². The first-order valence-electron chi connectivity index (χ1n) is 4.76. The van der Waals surface area contributed by atoms with Gasteiger partial charge in [0.25, 0.3) is 0 Å². The van der Waals surface area contributed by atoms with Gasteiger partial charge in [-0.15, -0.1) is 0 Å². The highest BCUT2D eigenvalue weighted by Gasteiger charge is 2.21. The summed E-state index contributed by atoms with van der Waals surface area (Å²) in [5.74, 6) is 0.802. The lowest BCUT2D eigenvalue weighted by Gasteiger charge is -2.29. The van der Waals surface area contributed by atoms with E-state index in [1.807, 2.05) is 0 Å². The zero-order valence-corrected chi connectivity index (χ0v) is 7.14. The Morgan fingerprint density at radius 1 is 1.08 bits per heavy atom. The zero-order chi connectivity index (χ0) is 7.97. The van der Waals surface area contributed by atoms with Gasteiger partial charge in [-0.25, -0.2) is 0 Å². The Labute approximate surface area is 72.8 Å². The molecule has 1 fully saturated rings. The number of fused-ring (bicyclic) bond motifs is 1. The second kappa shape index (κ2) is 2.33. The molecule has 12 heavy (non-hydrogen) atoms. The molecule has 1 aromatic carbocycles. The van der Waals surface area contributed by atoms with Crippen LogP contribution in [0, 0.1) is 0 Å². The molecule has 0 aromatic heterocycles. The number of benzene rings is 1. The fourth-order valence-corrected chi connectivity index (χ4v) is 1.99. The van der Waals surface area contributed by atoms with E-state index in [-0.39, 0.29) is 0 Å². The normalized spacial score (nSPS) is 21.0. The van der Waals surface area contributed by atoms with Crippen molar-refractivity contribution in [3.05, 3.63) is 34.9 Å². The first-order valence-corrected chi connectivity index (χ1v) is 4.76. The van der Waals surface area contributed by atoms with Crippen LogP contribution in [0.1, 0.15) is 22.6 Å². The van der Waals surface area contributed by atoms with E-state index in [0.717, 1.165) is 5.92 Å². The first kappa shape index (κ1) is 6.67. The van der Waals surface area contributed by atoms with Gasteiger partial charge in [0.15, 0.2) is 0 Å². The highest BCUT2D eigenvalue weighted by molar-refractivity contribution is 5.40. The van der Waals surface area contributed by atoms with Crippen LogP contribution in [0.25, 0.3) is 0 Å². The van der Waals surface area contributed by atoms with Gasteiger partial charge in [0, 0.05) is 19.0 Å². The number of aryl methyl sites for hydroxylation is 2. The van der Waals surface area contributed by atoms with Crippen molar-refractivity contribution in [3.8, 4) is 0 Å². The molecule has 1 heterocycles. The van der Waals surface area contributed by atoms with Crippen molar-refractivity contribution >= 4 is 0 Å². The molecular formula is C11H13N. The smallest absolute Gasteiger partial charge is 0.00886 e. The molecule has 0 bridgehead atoms. The Morgan fingerprint density at radius 3 is 2.42 bits per heavy atom. The van der Waals surface area contributed by atoms with Crippen molar-refractivity contribution in [3.63, 3.8) is 0 Å². The van der Waals surface area contributed by atoms with Crippen molar-refractivity contribution in [2.45, 2.75) is 18.8 Å². The minimum absolute atomic E-state index is 0.802. The van der Waals surface area contributed by atoms with Crippen molar-refractivity contribution in [2.24, 2.45) is 0 Å². The molecule has 1 saturated heterocycles. The molecule has 1 aliphatic carbocycles. The van der Waals surface area contributed by atoms with Crippen LogP contribution in [0.2, 0.25) is 0 Å². The molecular weight excluding hydrogens is 146 g/mol. The topological polar surface area (TPSA) is 12.0 Å². The number of rotatable bonds is 1. The van der Waals surface area contributed by atoms with E-state index in [1.54, 1.807) is 16.7 Å². The summed E-state index contributed by atoms with van der Waals surface area (Å²) < 4.78 is 0. The molecule has 0 spiro atoms. The molecule has 1 aromatic rings. The van der Waals surface area contributed by atoms with Crippen molar-refractivity contribution in [2.75, 3.05) is 13.1 Å². The third-order valence-electron chi connectivity index (χ3n) is 3.15. The maximum Gasteiger partial charge on any atom is 0.00886 e. The molecule has 0 amide bonds. The summed E-state index contributed by atoms with van der Waals surface area (Å²) in [6.07, 6.45) is 2.61. The Morgan fingerprint density at radius 2 is 1.92 bits per heavy atom. The van der Waals surface area contributed by atoms with Gasteiger partial charge >= 0.3 is 0 Å². The molecule has 1 N–H and O–H groups in total. The predicted octanol–water partition coefficient (Wildman–Crippen LogP) is 1.47. The van der Waals surface area contributed by atoms with Crippen LogP contribution in [-0.2, 0) is 12.8 Å². The van der Waals surface area contributed by atoms with Crippen molar-refractivity contribution in [1.82, 2.24) is 5.32 Å². The minimum Gasteiger partial charge on any atom is -0.315 e. The Bertz CT molecular complexity index is 313. The van der Waals surface area contributed by atoms with E-state index in [4.69, 9.17) is 0 Å². The Balaban J connectivity index is 1.95. The maximum atomic E-state index is 3.31. The maximum absolute atomic E-state index is 3.31. The van der Waals surface area contributed by atoms with Crippen LogP contribution >= 0.6 is 0 Å². The van der Waals surface area contributed by atoms with Crippen molar-refractivity contribution < 1.29 is 0 Å². The van der Waals surface area contributed by atoms with Gasteiger partial charge < -0.3 is 5.32 Å². The summed E-state index contributed by atoms with van der Waals surface area (Å²) in [6, 6.07) is 7.03. The quantitative estimate of drug-likeness (QED) is 0.654. The molecule has 0 atom stereocenters. The van der Waals surface area contributed by atoms with Crippen LogP contribution in [0.3, 0.4) is 0 Å². The average Bonchev–Trinajstić information content (AvgIpc) is 1.91. The van der Waals surface area contributed by atoms with Crippen LogP contribution in [-0.4, -0.2) is 13.1 Å². The van der Waals surface area contributed by atoms with E-state index in [2.05, 4.69) is 23.5 Å². The average molecular weight is 159 g/mol. The second-order valence-corrected chi connectivity index (χ2v) is 3.88. The second-order valence-electron chi connectivity index (χ2n) is 3.88. The molecule has 62 valence electrons. The largest absolute Gasteiger partial charge is 0.315 e.